The number of piperidine rings is 1. The Morgan fingerprint density at radius 3 is 2.89 bits per heavy atom. The molecule has 2 aromatic rings. The molecule has 0 unspecified atom stereocenters. The molecule has 1 spiro atoms. The second-order valence-corrected chi connectivity index (χ2v) is 7.42. The Kier molecular flexibility index (Phi) is 4.64. The number of nitrogens with zero attached hydrogens (tertiary/aromatic N) is 2. The first kappa shape index (κ1) is 17.6. The van der Waals surface area contributed by atoms with Crippen molar-refractivity contribution in [2.75, 3.05) is 26.7 Å². The lowest BCUT2D eigenvalue weighted by molar-refractivity contribution is -0.146. The predicted octanol–water partition coefficient (Wildman–Crippen LogP) is 2.94. The summed E-state index contributed by atoms with van der Waals surface area (Å²) < 4.78 is 10.5. The zero-order valence-corrected chi connectivity index (χ0v) is 15.5. The van der Waals surface area contributed by atoms with Crippen molar-refractivity contribution in [1.82, 2.24) is 9.80 Å². The van der Waals surface area contributed by atoms with Crippen LogP contribution < -0.4 is 4.74 Å². The van der Waals surface area contributed by atoms with Gasteiger partial charge in [-0.1, -0.05) is 12.1 Å². The SMILES string of the molecule is COc1cccc(CN2CCC[C@@]3(CCN(C(=O)c4ccco4)C3)C2=O)c1. The third-order valence-corrected chi connectivity index (χ3v) is 5.70. The second kappa shape index (κ2) is 7.10. The lowest BCUT2D eigenvalue weighted by atomic mass is 9.78. The van der Waals surface area contributed by atoms with E-state index >= 15 is 0 Å². The van der Waals surface area contributed by atoms with Gasteiger partial charge in [-0.05, 0) is 49.1 Å². The summed E-state index contributed by atoms with van der Waals surface area (Å²) in [4.78, 5) is 29.6. The van der Waals surface area contributed by atoms with Crippen LogP contribution in [0.2, 0.25) is 0 Å². The number of carbonyl (C=O) groups is 2. The van der Waals surface area contributed by atoms with E-state index in [0.717, 1.165) is 30.7 Å². The first-order valence-corrected chi connectivity index (χ1v) is 9.36. The van der Waals surface area contributed by atoms with Gasteiger partial charge in [0.05, 0.1) is 18.8 Å². The summed E-state index contributed by atoms with van der Waals surface area (Å²) in [5.41, 5.74) is 0.598. The van der Waals surface area contributed by atoms with Crippen LogP contribution >= 0.6 is 0 Å². The molecule has 1 aromatic heterocycles. The fourth-order valence-corrected chi connectivity index (χ4v) is 4.27. The molecule has 2 fully saturated rings. The van der Waals surface area contributed by atoms with Gasteiger partial charge in [-0.15, -0.1) is 0 Å². The molecule has 0 N–H and O–H groups in total. The van der Waals surface area contributed by atoms with E-state index in [9.17, 15) is 9.59 Å². The van der Waals surface area contributed by atoms with Gasteiger partial charge in [0, 0.05) is 26.2 Å². The normalized spacial score (nSPS) is 22.5. The molecule has 6 heteroatoms. The van der Waals surface area contributed by atoms with Crippen LogP contribution in [0.25, 0.3) is 0 Å². The third-order valence-electron chi connectivity index (χ3n) is 5.70. The van der Waals surface area contributed by atoms with E-state index in [1.54, 1.807) is 24.1 Å². The third kappa shape index (κ3) is 3.31. The highest BCUT2D eigenvalue weighted by molar-refractivity contribution is 5.93. The topological polar surface area (TPSA) is 63.0 Å². The van der Waals surface area contributed by atoms with Gasteiger partial charge < -0.3 is 19.0 Å². The molecule has 27 heavy (non-hydrogen) atoms. The number of rotatable bonds is 4. The maximum absolute atomic E-state index is 13.3. The van der Waals surface area contributed by atoms with Gasteiger partial charge in [-0.2, -0.15) is 0 Å². The molecule has 0 aliphatic carbocycles. The van der Waals surface area contributed by atoms with Crippen molar-refractivity contribution in [2.24, 2.45) is 5.41 Å². The van der Waals surface area contributed by atoms with Crippen molar-refractivity contribution in [1.29, 1.82) is 0 Å². The van der Waals surface area contributed by atoms with Crippen molar-refractivity contribution in [3.05, 3.63) is 54.0 Å². The van der Waals surface area contributed by atoms with Crippen LogP contribution in [0.1, 0.15) is 35.4 Å². The fraction of sp³-hybridized carbons (Fsp3) is 0.429. The maximum atomic E-state index is 13.3. The monoisotopic (exact) mass is 368 g/mol. The highest BCUT2D eigenvalue weighted by Gasteiger charge is 2.49. The minimum Gasteiger partial charge on any atom is -0.497 e. The number of carbonyl (C=O) groups excluding carboxylic acids is 2. The van der Waals surface area contributed by atoms with Gasteiger partial charge in [0.25, 0.3) is 5.91 Å². The summed E-state index contributed by atoms with van der Waals surface area (Å²) >= 11 is 0. The lowest BCUT2D eigenvalue weighted by Crippen LogP contribution is -2.50. The first-order chi connectivity index (χ1) is 13.1. The molecule has 1 atom stereocenters. The molecule has 2 aliphatic rings. The summed E-state index contributed by atoms with van der Waals surface area (Å²) in [5, 5.41) is 0. The van der Waals surface area contributed by atoms with E-state index in [2.05, 4.69) is 0 Å². The fourth-order valence-electron chi connectivity index (χ4n) is 4.27. The largest absolute Gasteiger partial charge is 0.497 e. The number of hydrogen-bond acceptors (Lipinski definition) is 4. The molecule has 3 heterocycles. The molecule has 142 valence electrons. The second-order valence-electron chi connectivity index (χ2n) is 7.42. The molecule has 0 bridgehead atoms. The van der Waals surface area contributed by atoms with E-state index < -0.39 is 5.41 Å². The van der Waals surface area contributed by atoms with E-state index in [0.29, 0.717) is 31.8 Å². The molecule has 0 radical (unpaired) electrons. The predicted molar refractivity (Wildman–Crippen MR) is 99.3 cm³/mol. The summed E-state index contributed by atoms with van der Waals surface area (Å²) in [7, 11) is 1.64. The molecular formula is C21H24N2O4. The molecular weight excluding hydrogens is 344 g/mol. The van der Waals surface area contributed by atoms with Gasteiger partial charge >= 0.3 is 0 Å². The molecule has 6 nitrogen and oxygen atoms in total. The Morgan fingerprint density at radius 1 is 1.22 bits per heavy atom. The minimum absolute atomic E-state index is 0.130. The number of benzene rings is 1. The van der Waals surface area contributed by atoms with E-state index in [1.165, 1.54) is 6.26 Å². The Bertz CT molecular complexity index is 832. The zero-order valence-electron chi connectivity index (χ0n) is 15.5. The zero-order chi connectivity index (χ0) is 18.9. The Hall–Kier alpha value is -2.76. The van der Waals surface area contributed by atoms with Gasteiger partial charge in [0.1, 0.15) is 5.75 Å². The number of likely N-dealkylation sites (tertiary alicyclic amines) is 2. The first-order valence-electron chi connectivity index (χ1n) is 9.36. The summed E-state index contributed by atoms with van der Waals surface area (Å²) in [6.45, 7) is 2.39. The molecule has 2 amide bonds. The molecule has 1 aromatic carbocycles. The number of amides is 2. The minimum atomic E-state index is -0.459. The van der Waals surface area contributed by atoms with Crippen molar-refractivity contribution in [3.8, 4) is 5.75 Å². The van der Waals surface area contributed by atoms with Crippen LogP contribution in [-0.4, -0.2) is 48.4 Å². The summed E-state index contributed by atoms with van der Waals surface area (Å²) in [5.74, 6) is 1.16. The average molecular weight is 368 g/mol. The highest BCUT2D eigenvalue weighted by atomic mass is 16.5. The van der Waals surface area contributed by atoms with E-state index in [1.807, 2.05) is 29.2 Å². The van der Waals surface area contributed by atoms with Crippen molar-refractivity contribution < 1.29 is 18.7 Å². The summed E-state index contributed by atoms with van der Waals surface area (Å²) in [6, 6.07) is 11.2. The van der Waals surface area contributed by atoms with Crippen LogP contribution in [0, 0.1) is 5.41 Å². The van der Waals surface area contributed by atoms with Crippen LogP contribution in [0.15, 0.2) is 47.1 Å². The van der Waals surface area contributed by atoms with Gasteiger partial charge in [0.15, 0.2) is 5.76 Å². The van der Waals surface area contributed by atoms with Crippen LogP contribution in [0.5, 0.6) is 5.75 Å². The Balaban J connectivity index is 1.47. The highest BCUT2D eigenvalue weighted by Crippen LogP contribution is 2.41. The van der Waals surface area contributed by atoms with E-state index in [4.69, 9.17) is 9.15 Å². The molecule has 2 aliphatic heterocycles. The standard InChI is InChI=1S/C21H24N2O4/c1-26-17-6-2-5-16(13-17)14-22-10-4-8-21(20(22)25)9-11-23(15-21)19(24)18-7-3-12-27-18/h2-3,5-7,12-13H,4,8-11,14-15H2,1H3/t21-/m0/s1. The number of hydrogen-bond donors (Lipinski definition) is 0. The average Bonchev–Trinajstić information content (AvgIpc) is 3.36. The Morgan fingerprint density at radius 2 is 2.11 bits per heavy atom. The maximum Gasteiger partial charge on any atom is 0.289 e. The van der Waals surface area contributed by atoms with Crippen LogP contribution in [-0.2, 0) is 11.3 Å². The summed E-state index contributed by atoms with van der Waals surface area (Å²) in [6.07, 6.45) is 4.01. The van der Waals surface area contributed by atoms with Gasteiger partial charge in [-0.25, -0.2) is 0 Å². The Labute approximate surface area is 158 Å². The van der Waals surface area contributed by atoms with Crippen molar-refractivity contribution in [2.45, 2.75) is 25.8 Å². The van der Waals surface area contributed by atoms with E-state index in [-0.39, 0.29) is 11.8 Å². The van der Waals surface area contributed by atoms with Gasteiger partial charge in [0.2, 0.25) is 5.91 Å². The molecule has 0 saturated carbocycles. The van der Waals surface area contributed by atoms with Crippen molar-refractivity contribution >= 4 is 11.8 Å². The van der Waals surface area contributed by atoms with Gasteiger partial charge in [-0.3, -0.25) is 9.59 Å². The smallest absolute Gasteiger partial charge is 0.289 e. The number of methoxy groups -OCH3 is 1. The quantitative estimate of drug-likeness (QED) is 0.832. The van der Waals surface area contributed by atoms with Crippen LogP contribution in [0.4, 0.5) is 0 Å². The lowest BCUT2D eigenvalue weighted by Gasteiger charge is -2.39. The number of furan rings is 1. The molecule has 2 saturated heterocycles. The number of ether oxygens (including phenoxy) is 1. The molecule has 4 rings (SSSR count). The van der Waals surface area contributed by atoms with Crippen molar-refractivity contribution in [3.63, 3.8) is 0 Å². The van der Waals surface area contributed by atoms with Crippen LogP contribution in [0.3, 0.4) is 0 Å².